The minimum absolute atomic E-state index is 0.125. The maximum atomic E-state index is 12.7. The summed E-state index contributed by atoms with van der Waals surface area (Å²) in [5.74, 6) is -0.418. The zero-order valence-corrected chi connectivity index (χ0v) is 16.1. The fourth-order valence-electron chi connectivity index (χ4n) is 2.39. The number of rotatable bonds is 10. The van der Waals surface area contributed by atoms with Gasteiger partial charge in [-0.3, -0.25) is 14.2 Å². The number of carbonyl (C=O) groups is 1. The van der Waals surface area contributed by atoms with E-state index >= 15 is 0 Å². The molecule has 1 N–H and O–H groups in total. The second kappa shape index (κ2) is 10.7. The van der Waals surface area contributed by atoms with Gasteiger partial charge in [0.1, 0.15) is 12.2 Å². The summed E-state index contributed by atoms with van der Waals surface area (Å²) >= 11 is 1.33. The van der Waals surface area contributed by atoms with E-state index in [-0.39, 0.29) is 12.1 Å². The lowest BCUT2D eigenvalue weighted by molar-refractivity contribution is -0.144. The molecule has 0 aliphatic rings. The van der Waals surface area contributed by atoms with Crippen LogP contribution in [0.3, 0.4) is 0 Å². The summed E-state index contributed by atoms with van der Waals surface area (Å²) in [6.45, 7) is 2.89. The number of ether oxygens (including phenoxy) is 1. The molecule has 0 saturated heterocycles. The van der Waals surface area contributed by atoms with Gasteiger partial charge in [0.05, 0.1) is 12.8 Å². The standard InChI is InChI=1S/C19H25N3O3S/c1-3-4-12-25-17(23)14-22-18(24)16(13-21-19(22)26-2)20-11-10-15-8-6-5-7-9-15/h5-9,13,20H,3-4,10-12,14H2,1-2H3. The topological polar surface area (TPSA) is 73.2 Å². The van der Waals surface area contributed by atoms with Crippen molar-refractivity contribution in [2.75, 3.05) is 24.7 Å². The van der Waals surface area contributed by atoms with Crippen molar-refractivity contribution in [1.29, 1.82) is 0 Å². The number of hydrogen-bond acceptors (Lipinski definition) is 6. The predicted octanol–water partition coefficient (Wildman–Crippen LogP) is 2.96. The average molecular weight is 375 g/mol. The van der Waals surface area contributed by atoms with Crippen LogP contribution in [0.15, 0.2) is 46.5 Å². The van der Waals surface area contributed by atoms with Crippen LogP contribution in [0.5, 0.6) is 0 Å². The third-order valence-corrected chi connectivity index (χ3v) is 4.50. The number of nitrogens with one attached hydrogen (secondary N) is 1. The van der Waals surface area contributed by atoms with Gasteiger partial charge in [-0.1, -0.05) is 55.4 Å². The zero-order chi connectivity index (χ0) is 18.8. The van der Waals surface area contributed by atoms with Gasteiger partial charge in [-0.05, 0) is 24.7 Å². The Morgan fingerprint density at radius 2 is 2.08 bits per heavy atom. The smallest absolute Gasteiger partial charge is 0.326 e. The lowest BCUT2D eigenvalue weighted by atomic mass is 10.1. The van der Waals surface area contributed by atoms with Crippen molar-refractivity contribution in [2.24, 2.45) is 0 Å². The maximum Gasteiger partial charge on any atom is 0.326 e. The highest BCUT2D eigenvalue weighted by molar-refractivity contribution is 7.98. The molecular weight excluding hydrogens is 350 g/mol. The summed E-state index contributed by atoms with van der Waals surface area (Å²) in [6, 6.07) is 10.0. The average Bonchev–Trinajstić information content (AvgIpc) is 2.66. The SMILES string of the molecule is CCCCOC(=O)Cn1c(SC)ncc(NCCc2ccccc2)c1=O. The number of anilines is 1. The molecule has 0 atom stereocenters. The largest absolute Gasteiger partial charge is 0.464 e. The fraction of sp³-hybridized carbons (Fsp3) is 0.421. The van der Waals surface area contributed by atoms with Crippen molar-refractivity contribution >= 4 is 23.4 Å². The summed E-state index contributed by atoms with van der Waals surface area (Å²) in [7, 11) is 0. The van der Waals surface area contributed by atoms with Crippen LogP contribution < -0.4 is 10.9 Å². The number of esters is 1. The van der Waals surface area contributed by atoms with Crippen molar-refractivity contribution < 1.29 is 9.53 Å². The molecule has 7 heteroatoms. The van der Waals surface area contributed by atoms with E-state index in [1.165, 1.54) is 28.1 Å². The van der Waals surface area contributed by atoms with Gasteiger partial charge < -0.3 is 10.1 Å². The molecule has 6 nitrogen and oxygen atoms in total. The Balaban J connectivity index is 2.04. The molecule has 2 aromatic rings. The number of hydrogen-bond donors (Lipinski definition) is 1. The predicted molar refractivity (Wildman–Crippen MR) is 105 cm³/mol. The van der Waals surface area contributed by atoms with Crippen molar-refractivity contribution in [2.45, 2.75) is 37.9 Å². The first-order valence-corrected chi connectivity index (χ1v) is 9.95. The highest BCUT2D eigenvalue weighted by Crippen LogP contribution is 2.11. The van der Waals surface area contributed by atoms with E-state index < -0.39 is 5.97 Å². The summed E-state index contributed by atoms with van der Waals surface area (Å²) in [5.41, 5.74) is 1.32. The first-order chi connectivity index (χ1) is 12.7. The molecule has 0 amide bonds. The van der Waals surface area contributed by atoms with Crippen molar-refractivity contribution in [3.05, 3.63) is 52.4 Å². The van der Waals surface area contributed by atoms with Gasteiger partial charge in [0.15, 0.2) is 5.16 Å². The van der Waals surface area contributed by atoms with Gasteiger partial charge in [0.25, 0.3) is 5.56 Å². The van der Waals surface area contributed by atoms with Gasteiger partial charge in [0, 0.05) is 6.54 Å². The molecule has 1 heterocycles. The first kappa shape index (κ1) is 20.0. The molecule has 1 aromatic heterocycles. The zero-order valence-electron chi connectivity index (χ0n) is 15.2. The van der Waals surface area contributed by atoms with Crippen LogP contribution >= 0.6 is 11.8 Å². The van der Waals surface area contributed by atoms with Gasteiger partial charge in [0.2, 0.25) is 0 Å². The Labute approximate surface area is 158 Å². The number of unbranched alkanes of at least 4 members (excludes halogenated alkanes) is 1. The van der Waals surface area contributed by atoms with Gasteiger partial charge in [-0.2, -0.15) is 0 Å². The van der Waals surface area contributed by atoms with Crippen LogP contribution in [0.25, 0.3) is 0 Å². The molecule has 140 valence electrons. The van der Waals surface area contributed by atoms with E-state index in [1.54, 1.807) is 0 Å². The van der Waals surface area contributed by atoms with Crippen LogP contribution in [-0.2, 0) is 22.5 Å². The molecule has 0 spiro atoms. The van der Waals surface area contributed by atoms with Crippen molar-refractivity contribution in [3.8, 4) is 0 Å². The van der Waals surface area contributed by atoms with E-state index in [0.29, 0.717) is 24.0 Å². The van der Waals surface area contributed by atoms with E-state index in [0.717, 1.165) is 19.3 Å². The summed E-state index contributed by atoms with van der Waals surface area (Å²) < 4.78 is 6.53. The Morgan fingerprint density at radius 3 is 2.77 bits per heavy atom. The minimum Gasteiger partial charge on any atom is -0.464 e. The number of nitrogens with zero attached hydrogens (tertiary/aromatic N) is 2. The van der Waals surface area contributed by atoms with Crippen molar-refractivity contribution in [1.82, 2.24) is 9.55 Å². The van der Waals surface area contributed by atoms with E-state index in [9.17, 15) is 9.59 Å². The van der Waals surface area contributed by atoms with E-state index in [2.05, 4.69) is 10.3 Å². The molecule has 0 radical (unpaired) electrons. The normalized spacial score (nSPS) is 10.5. The lowest BCUT2D eigenvalue weighted by Gasteiger charge is -2.13. The number of thioether (sulfide) groups is 1. The lowest BCUT2D eigenvalue weighted by Crippen LogP contribution is -2.30. The minimum atomic E-state index is -0.418. The summed E-state index contributed by atoms with van der Waals surface area (Å²) in [5, 5.41) is 3.62. The van der Waals surface area contributed by atoms with Crippen LogP contribution in [0.1, 0.15) is 25.3 Å². The van der Waals surface area contributed by atoms with E-state index in [4.69, 9.17) is 4.74 Å². The molecule has 26 heavy (non-hydrogen) atoms. The third-order valence-electron chi connectivity index (χ3n) is 3.81. The Kier molecular flexibility index (Phi) is 8.21. The summed E-state index contributed by atoms with van der Waals surface area (Å²) in [6.07, 6.45) is 5.91. The number of carbonyl (C=O) groups excluding carboxylic acids is 1. The summed E-state index contributed by atoms with van der Waals surface area (Å²) in [4.78, 5) is 29.0. The van der Waals surface area contributed by atoms with Crippen LogP contribution in [0.2, 0.25) is 0 Å². The Morgan fingerprint density at radius 1 is 1.31 bits per heavy atom. The molecule has 0 saturated carbocycles. The monoisotopic (exact) mass is 375 g/mol. The highest BCUT2D eigenvalue weighted by atomic mass is 32.2. The highest BCUT2D eigenvalue weighted by Gasteiger charge is 2.14. The molecule has 0 unspecified atom stereocenters. The third kappa shape index (κ3) is 5.91. The molecule has 0 bridgehead atoms. The first-order valence-electron chi connectivity index (χ1n) is 8.73. The molecule has 0 aliphatic carbocycles. The van der Waals surface area contributed by atoms with Gasteiger partial charge >= 0.3 is 5.97 Å². The Hall–Kier alpha value is -2.28. The van der Waals surface area contributed by atoms with Crippen LogP contribution in [-0.4, -0.2) is 34.9 Å². The van der Waals surface area contributed by atoms with Crippen molar-refractivity contribution in [3.63, 3.8) is 0 Å². The second-order valence-electron chi connectivity index (χ2n) is 5.79. The molecule has 1 aromatic carbocycles. The second-order valence-corrected chi connectivity index (χ2v) is 6.56. The Bertz CT molecular complexity index is 762. The number of aromatic nitrogens is 2. The van der Waals surface area contributed by atoms with E-state index in [1.807, 2.05) is 43.5 Å². The quantitative estimate of drug-likeness (QED) is 0.298. The molecular formula is C19H25N3O3S. The maximum absolute atomic E-state index is 12.7. The fourth-order valence-corrected chi connectivity index (χ4v) is 2.92. The number of benzene rings is 1. The molecule has 0 fully saturated rings. The van der Waals surface area contributed by atoms with Gasteiger partial charge in [-0.25, -0.2) is 4.98 Å². The van der Waals surface area contributed by atoms with Crippen LogP contribution in [0.4, 0.5) is 5.69 Å². The van der Waals surface area contributed by atoms with Gasteiger partial charge in [-0.15, -0.1) is 0 Å². The van der Waals surface area contributed by atoms with Crippen LogP contribution in [0, 0.1) is 0 Å². The molecule has 2 rings (SSSR count). The molecule has 0 aliphatic heterocycles.